The topological polar surface area (TPSA) is 78.9 Å². The largest absolute Gasteiger partial charge is 0.462 e. The van der Waals surface area contributed by atoms with Crippen LogP contribution >= 0.6 is 0 Å². The molecule has 0 N–H and O–H groups in total. The number of hydrogen-bond donors (Lipinski definition) is 0. The van der Waals surface area contributed by atoms with E-state index < -0.39 is 6.10 Å². The van der Waals surface area contributed by atoms with Crippen LogP contribution in [0.3, 0.4) is 0 Å². The highest BCUT2D eigenvalue weighted by Crippen LogP contribution is 2.18. The highest BCUT2D eigenvalue weighted by atomic mass is 16.6. The third kappa shape index (κ3) is 51.4. The van der Waals surface area contributed by atoms with Gasteiger partial charge < -0.3 is 14.2 Å². The quantitative estimate of drug-likeness (QED) is 0.0344. The minimum atomic E-state index is -0.760. The zero-order chi connectivity index (χ0) is 46.5. The monoisotopic (exact) mass is 905 g/mol. The van der Waals surface area contributed by atoms with E-state index >= 15 is 0 Å². The van der Waals surface area contributed by atoms with Gasteiger partial charge in [0, 0.05) is 19.3 Å². The molecule has 0 aromatic rings. The maximum absolute atomic E-state index is 12.8. The molecule has 0 saturated carbocycles. The van der Waals surface area contributed by atoms with Crippen LogP contribution in [0.1, 0.15) is 335 Å². The molecule has 0 saturated heterocycles. The van der Waals surface area contributed by atoms with Crippen molar-refractivity contribution in [2.45, 2.75) is 341 Å². The zero-order valence-corrected chi connectivity index (χ0v) is 43.6. The molecule has 0 fully saturated rings. The van der Waals surface area contributed by atoms with Crippen LogP contribution in [0.4, 0.5) is 0 Å². The molecular formula is C58H112O6. The van der Waals surface area contributed by atoms with Gasteiger partial charge in [0.05, 0.1) is 0 Å². The van der Waals surface area contributed by atoms with Crippen molar-refractivity contribution in [1.29, 1.82) is 0 Å². The molecule has 1 atom stereocenters. The lowest BCUT2D eigenvalue weighted by atomic mass is 10.0. The van der Waals surface area contributed by atoms with Crippen LogP contribution in [0.5, 0.6) is 0 Å². The first-order valence-electron chi connectivity index (χ1n) is 29.0. The molecule has 380 valence electrons. The Balaban J connectivity index is 4.26. The maximum atomic E-state index is 12.8. The Labute approximate surface area is 399 Å². The number of carbonyl (C=O) groups excluding carboxylic acids is 3. The molecule has 64 heavy (non-hydrogen) atoms. The van der Waals surface area contributed by atoms with Crippen molar-refractivity contribution in [3.63, 3.8) is 0 Å². The summed E-state index contributed by atoms with van der Waals surface area (Å²) in [5, 5.41) is 0. The Morgan fingerprint density at radius 1 is 0.250 bits per heavy atom. The fourth-order valence-electron chi connectivity index (χ4n) is 8.98. The SMILES string of the molecule is CCCCCCCCCCCCCCCCCCCCCC(=O)OC[C@H](COC(=O)CCCCCCCCCCCCCCC)OC(=O)CCCCCCCCCCCCCCCC. The number of unbranched alkanes of at least 4 members (excludes halogenated alkanes) is 43. The Morgan fingerprint density at radius 2 is 0.422 bits per heavy atom. The Kier molecular flexibility index (Phi) is 52.7. The first-order valence-corrected chi connectivity index (χ1v) is 29.0. The summed E-state index contributed by atoms with van der Waals surface area (Å²) in [5.74, 6) is -0.832. The van der Waals surface area contributed by atoms with Crippen LogP contribution in [-0.4, -0.2) is 37.2 Å². The third-order valence-corrected chi connectivity index (χ3v) is 13.4. The highest BCUT2D eigenvalue weighted by molar-refractivity contribution is 5.71. The van der Waals surface area contributed by atoms with Crippen LogP contribution in [0.25, 0.3) is 0 Å². The van der Waals surface area contributed by atoms with Crippen molar-refractivity contribution < 1.29 is 28.6 Å². The van der Waals surface area contributed by atoms with E-state index in [1.165, 1.54) is 238 Å². The lowest BCUT2D eigenvalue weighted by Crippen LogP contribution is -2.30. The number of hydrogen-bond acceptors (Lipinski definition) is 6. The summed E-state index contributed by atoms with van der Waals surface area (Å²) in [6.45, 7) is 6.70. The molecular weight excluding hydrogens is 793 g/mol. The van der Waals surface area contributed by atoms with E-state index in [1.54, 1.807) is 0 Å². The summed E-state index contributed by atoms with van der Waals surface area (Å²) in [4.78, 5) is 38.1. The van der Waals surface area contributed by atoms with E-state index in [-0.39, 0.29) is 31.1 Å². The van der Waals surface area contributed by atoms with Crippen molar-refractivity contribution in [3.8, 4) is 0 Å². The Bertz CT molecular complexity index is 951. The minimum Gasteiger partial charge on any atom is -0.462 e. The zero-order valence-electron chi connectivity index (χ0n) is 43.6. The van der Waals surface area contributed by atoms with E-state index in [0.29, 0.717) is 19.3 Å². The molecule has 0 unspecified atom stereocenters. The molecule has 0 aromatic carbocycles. The van der Waals surface area contributed by atoms with Crippen LogP contribution < -0.4 is 0 Å². The van der Waals surface area contributed by atoms with Crippen molar-refractivity contribution in [2.75, 3.05) is 13.2 Å². The van der Waals surface area contributed by atoms with E-state index in [9.17, 15) is 14.4 Å². The van der Waals surface area contributed by atoms with Gasteiger partial charge in [0.15, 0.2) is 6.10 Å². The van der Waals surface area contributed by atoms with Gasteiger partial charge in [-0.3, -0.25) is 14.4 Å². The fraction of sp³-hybridized carbons (Fsp3) is 0.948. The molecule has 6 nitrogen and oxygen atoms in total. The molecule has 0 aliphatic rings. The average Bonchev–Trinajstić information content (AvgIpc) is 3.29. The summed E-state index contributed by atoms with van der Waals surface area (Å²) >= 11 is 0. The van der Waals surface area contributed by atoms with E-state index in [4.69, 9.17) is 14.2 Å². The van der Waals surface area contributed by atoms with Crippen LogP contribution in [0.15, 0.2) is 0 Å². The second-order valence-corrected chi connectivity index (χ2v) is 19.9. The predicted molar refractivity (Wildman–Crippen MR) is 275 cm³/mol. The van der Waals surface area contributed by atoms with Gasteiger partial charge in [0.2, 0.25) is 0 Å². The van der Waals surface area contributed by atoms with Crippen LogP contribution in [-0.2, 0) is 28.6 Å². The summed E-state index contributed by atoms with van der Waals surface area (Å²) in [6, 6.07) is 0. The summed E-state index contributed by atoms with van der Waals surface area (Å²) < 4.78 is 16.9. The van der Waals surface area contributed by atoms with Crippen molar-refractivity contribution in [3.05, 3.63) is 0 Å². The fourth-order valence-corrected chi connectivity index (χ4v) is 8.98. The summed E-state index contributed by atoms with van der Waals surface area (Å²) in [7, 11) is 0. The number of ether oxygens (including phenoxy) is 3. The van der Waals surface area contributed by atoms with E-state index in [0.717, 1.165) is 57.8 Å². The lowest BCUT2D eigenvalue weighted by Gasteiger charge is -2.18. The van der Waals surface area contributed by atoms with Gasteiger partial charge in [0.25, 0.3) is 0 Å². The van der Waals surface area contributed by atoms with Gasteiger partial charge >= 0.3 is 17.9 Å². The standard InChI is InChI=1S/C58H112O6/c1-4-7-10-13-16-19-22-25-27-28-29-30-31-34-36-39-42-45-48-51-57(60)63-54-55(53-62-56(59)50-47-44-41-38-35-32-24-21-18-15-12-9-6-3)64-58(61)52-49-46-43-40-37-33-26-23-20-17-14-11-8-5-2/h55H,4-54H2,1-3H3/t55-/m0/s1. The number of esters is 3. The molecule has 0 radical (unpaired) electrons. The summed E-state index contributed by atoms with van der Waals surface area (Å²) in [6.07, 6.45) is 59.5. The Hall–Kier alpha value is -1.59. The minimum absolute atomic E-state index is 0.0611. The van der Waals surface area contributed by atoms with Gasteiger partial charge in [-0.05, 0) is 19.3 Å². The van der Waals surface area contributed by atoms with Gasteiger partial charge in [-0.1, -0.05) is 297 Å². The third-order valence-electron chi connectivity index (χ3n) is 13.4. The van der Waals surface area contributed by atoms with Crippen molar-refractivity contribution in [2.24, 2.45) is 0 Å². The molecule has 0 spiro atoms. The number of carbonyl (C=O) groups is 3. The van der Waals surface area contributed by atoms with Crippen LogP contribution in [0.2, 0.25) is 0 Å². The maximum Gasteiger partial charge on any atom is 0.306 e. The first-order chi connectivity index (χ1) is 31.5. The molecule has 0 amide bonds. The molecule has 0 rings (SSSR count). The highest BCUT2D eigenvalue weighted by Gasteiger charge is 2.19. The Morgan fingerprint density at radius 3 is 0.625 bits per heavy atom. The van der Waals surface area contributed by atoms with E-state index in [1.807, 2.05) is 0 Å². The second-order valence-electron chi connectivity index (χ2n) is 19.9. The van der Waals surface area contributed by atoms with Crippen molar-refractivity contribution in [1.82, 2.24) is 0 Å². The van der Waals surface area contributed by atoms with Gasteiger partial charge in [0.1, 0.15) is 13.2 Å². The smallest absolute Gasteiger partial charge is 0.306 e. The summed E-state index contributed by atoms with van der Waals surface area (Å²) in [5.41, 5.74) is 0. The molecule has 0 aliphatic carbocycles. The van der Waals surface area contributed by atoms with E-state index in [2.05, 4.69) is 20.8 Å². The molecule has 6 heteroatoms. The average molecular weight is 906 g/mol. The predicted octanol–water partition coefficient (Wildman–Crippen LogP) is 19.2. The number of rotatable bonds is 54. The molecule has 0 heterocycles. The first kappa shape index (κ1) is 62.4. The van der Waals surface area contributed by atoms with Crippen LogP contribution in [0, 0.1) is 0 Å². The van der Waals surface area contributed by atoms with Gasteiger partial charge in [-0.25, -0.2) is 0 Å². The lowest BCUT2D eigenvalue weighted by molar-refractivity contribution is -0.167. The molecule has 0 bridgehead atoms. The molecule has 0 aromatic heterocycles. The van der Waals surface area contributed by atoms with Gasteiger partial charge in [-0.15, -0.1) is 0 Å². The van der Waals surface area contributed by atoms with Gasteiger partial charge in [-0.2, -0.15) is 0 Å². The normalized spacial score (nSPS) is 11.9. The van der Waals surface area contributed by atoms with Crippen molar-refractivity contribution >= 4 is 17.9 Å². The second kappa shape index (κ2) is 54.0. The molecule has 0 aliphatic heterocycles.